The molecule has 0 radical (unpaired) electrons. The maximum atomic E-state index is 13.4. The van der Waals surface area contributed by atoms with E-state index in [-0.39, 0.29) is 30.3 Å². The number of carbonyl (C=O) groups excluding carboxylic acids is 6. The normalized spacial score (nSPS) is 15.2. The van der Waals surface area contributed by atoms with Crippen LogP contribution in [-0.2, 0) is 33.6 Å². The quantitative estimate of drug-likeness (QED) is 0.0419. The minimum atomic E-state index is -1.29. The summed E-state index contributed by atoms with van der Waals surface area (Å²) in [7, 11) is 0. The smallest absolute Gasteiger partial charge is 0.326 e. The van der Waals surface area contributed by atoms with Crippen LogP contribution in [0.25, 0.3) is 0 Å². The molecule has 258 valence electrons. The largest absolute Gasteiger partial charge is 0.480 e. The molecule has 0 aromatic carbocycles. The third kappa shape index (κ3) is 16.2. The van der Waals surface area contributed by atoms with Crippen LogP contribution in [0.15, 0.2) is 0 Å². The van der Waals surface area contributed by atoms with E-state index in [4.69, 9.17) is 17.2 Å². The van der Waals surface area contributed by atoms with Crippen molar-refractivity contribution in [3.8, 4) is 0 Å². The Balaban J connectivity index is 5.73. The van der Waals surface area contributed by atoms with Crippen molar-refractivity contribution in [1.29, 1.82) is 0 Å². The number of carbonyl (C=O) groups is 7. The van der Waals surface area contributed by atoms with Gasteiger partial charge in [-0.05, 0) is 44.1 Å². The van der Waals surface area contributed by atoms with Crippen LogP contribution in [0.2, 0.25) is 0 Å². The maximum Gasteiger partial charge on any atom is 0.326 e. The molecule has 0 aliphatic rings. The molecule has 0 aliphatic carbocycles. The Kier molecular flexibility index (Phi) is 20.1. The zero-order chi connectivity index (χ0) is 34.9. The number of hydrogen-bond acceptors (Lipinski definition) is 11. The zero-order valence-electron chi connectivity index (χ0n) is 26.2. The lowest BCUT2D eigenvalue weighted by atomic mass is 9.99. The van der Waals surface area contributed by atoms with Crippen molar-refractivity contribution >= 4 is 66.7 Å². The van der Waals surface area contributed by atoms with Crippen LogP contribution in [0.1, 0.15) is 59.8 Å². The third-order valence-electron chi connectivity index (χ3n) is 6.54. The van der Waals surface area contributed by atoms with E-state index in [1.807, 2.05) is 13.8 Å². The fourth-order valence-corrected chi connectivity index (χ4v) is 4.54. The summed E-state index contributed by atoms with van der Waals surface area (Å²) in [4.78, 5) is 87.4. The van der Waals surface area contributed by atoms with Gasteiger partial charge in [0.25, 0.3) is 0 Å². The molecule has 0 aromatic heterocycles. The van der Waals surface area contributed by atoms with Crippen molar-refractivity contribution in [2.45, 2.75) is 96.1 Å². The highest BCUT2D eigenvalue weighted by molar-refractivity contribution is 7.80. The van der Waals surface area contributed by atoms with Crippen molar-refractivity contribution in [3.05, 3.63) is 0 Å². The first-order valence-electron chi connectivity index (χ1n) is 14.7. The summed E-state index contributed by atoms with van der Waals surface area (Å²) in [6.45, 7) is 7.32. The second-order valence-electron chi connectivity index (χ2n) is 11.4. The van der Waals surface area contributed by atoms with Gasteiger partial charge in [-0.15, -0.1) is 0 Å². The molecule has 0 aliphatic heterocycles. The molecule has 0 saturated carbocycles. The first-order valence-corrected chi connectivity index (χ1v) is 16.0. The Morgan fingerprint density at radius 2 is 1.16 bits per heavy atom. The van der Waals surface area contributed by atoms with Crippen LogP contribution in [0.4, 0.5) is 0 Å². The molecule has 12 N–H and O–H groups in total. The van der Waals surface area contributed by atoms with Gasteiger partial charge in [0, 0.05) is 11.5 Å². The number of hydrogen-bond donors (Lipinski definition) is 11. The van der Waals surface area contributed by atoms with E-state index in [9.17, 15) is 38.7 Å². The summed E-state index contributed by atoms with van der Waals surface area (Å²) >= 11 is 8.19. The van der Waals surface area contributed by atoms with Gasteiger partial charge >= 0.3 is 5.97 Å². The Bertz CT molecular complexity index is 1030. The minimum absolute atomic E-state index is 0.0142. The highest BCUT2D eigenvalue weighted by atomic mass is 32.1. The van der Waals surface area contributed by atoms with Crippen molar-refractivity contribution in [3.63, 3.8) is 0 Å². The SMILES string of the molecule is CC(C)C[C@H](NC(=O)[C@@H](NC(=O)[C@H](CCCCN)NC(=O)[C@H](CS)NC(=O)[C@H](CS)NC(=O)[C@@H](N)CC(N)=O)C(C)C)C(=O)O. The molecule has 0 spiro atoms. The Hall–Kier alpha value is -3.09. The van der Waals surface area contributed by atoms with Crippen LogP contribution < -0.4 is 43.8 Å². The zero-order valence-corrected chi connectivity index (χ0v) is 28.0. The van der Waals surface area contributed by atoms with Gasteiger partial charge in [0.05, 0.1) is 12.5 Å². The molecular weight excluding hydrogens is 628 g/mol. The van der Waals surface area contributed by atoms with Gasteiger partial charge in [0.1, 0.15) is 30.2 Å². The van der Waals surface area contributed by atoms with Gasteiger partial charge in [-0.1, -0.05) is 27.7 Å². The summed E-state index contributed by atoms with van der Waals surface area (Å²) in [6.07, 6.45) is 0.871. The molecule has 18 heteroatoms. The lowest BCUT2D eigenvalue weighted by Gasteiger charge is -2.28. The number of aliphatic carboxylic acids is 1. The number of carboxylic acid groups (broad SMARTS) is 1. The lowest BCUT2D eigenvalue weighted by Crippen LogP contribution is -2.60. The molecule has 6 amide bonds. The van der Waals surface area contributed by atoms with Crippen LogP contribution in [0, 0.1) is 11.8 Å². The molecule has 0 heterocycles. The number of primary amides is 1. The molecule has 0 saturated heterocycles. The highest BCUT2D eigenvalue weighted by Gasteiger charge is 2.33. The molecule has 45 heavy (non-hydrogen) atoms. The van der Waals surface area contributed by atoms with Crippen molar-refractivity contribution < 1.29 is 38.7 Å². The Morgan fingerprint density at radius 3 is 1.58 bits per heavy atom. The molecule has 0 rings (SSSR count). The van der Waals surface area contributed by atoms with E-state index < -0.39 is 90.0 Å². The van der Waals surface area contributed by atoms with Crippen molar-refractivity contribution in [2.24, 2.45) is 29.0 Å². The standard InChI is InChI=1S/C27H50N8O8S2/c1-13(2)9-17(27(42)43)32-26(41)21(14(3)4)35-23(38)16(7-5-6-8-28)31-24(39)19(12-45)34-25(40)18(11-44)33-22(37)15(29)10-20(30)36/h13-19,21,44-45H,5-12,28-29H2,1-4H3,(H2,30,36)(H,31,39)(H,32,41)(H,33,37)(H,34,40)(H,35,38)(H,42,43)/t15-,16-,17-,18-,19-,21-/m0/s1. The van der Waals surface area contributed by atoms with Crippen LogP contribution in [-0.4, -0.2) is 101 Å². The monoisotopic (exact) mass is 678 g/mol. The number of unbranched alkanes of at least 4 members (excludes halogenated alkanes) is 1. The van der Waals surface area contributed by atoms with Gasteiger partial charge in [0.15, 0.2) is 0 Å². The Morgan fingerprint density at radius 1 is 0.689 bits per heavy atom. The van der Waals surface area contributed by atoms with Gasteiger partial charge in [-0.3, -0.25) is 28.8 Å². The van der Waals surface area contributed by atoms with Gasteiger partial charge in [-0.2, -0.15) is 25.3 Å². The predicted molar refractivity (Wildman–Crippen MR) is 174 cm³/mol. The van der Waals surface area contributed by atoms with Gasteiger partial charge in [0.2, 0.25) is 35.4 Å². The molecule has 0 aromatic rings. The van der Waals surface area contributed by atoms with E-state index in [0.717, 1.165) is 0 Å². The first kappa shape index (κ1) is 41.9. The maximum absolute atomic E-state index is 13.4. The minimum Gasteiger partial charge on any atom is -0.480 e. The van der Waals surface area contributed by atoms with E-state index in [2.05, 4.69) is 51.8 Å². The fraction of sp³-hybridized carbons (Fsp3) is 0.741. The average molecular weight is 679 g/mol. The summed E-state index contributed by atoms with van der Waals surface area (Å²) in [5, 5.41) is 22.0. The third-order valence-corrected chi connectivity index (χ3v) is 7.27. The molecule has 6 atom stereocenters. The number of amides is 6. The molecule has 0 fully saturated rings. The van der Waals surface area contributed by atoms with Crippen LogP contribution in [0.5, 0.6) is 0 Å². The van der Waals surface area contributed by atoms with Crippen molar-refractivity contribution in [1.82, 2.24) is 26.6 Å². The Labute approximate surface area is 274 Å². The van der Waals surface area contributed by atoms with Crippen LogP contribution >= 0.6 is 25.3 Å². The number of thiol groups is 2. The second-order valence-corrected chi connectivity index (χ2v) is 12.1. The summed E-state index contributed by atoms with van der Waals surface area (Å²) in [6, 6.07) is -7.18. The second kappa shape index (κ2) is 21.6. The molecular formula is C27H50N8O8S2. The van der Waals surface area contributed by atoms with E-state index in [0.29, 0.717) is 19.4 Å². The molecule has 0 unspecified atom stereocenters. The number of nitrogens with one attached hydrogen (secondary N) is 5. The summed E-state index contributed by atoms with van der Waals surface area (Å²) in [5.74, 6) is -6.60. The first-order chi connectivity index (χ1) is 21.0. The topological polar surface area (TPSA) is 278 Å². The van der Waals surface area contributed by atoms with Crippen molar-refractivity contribution in [2.75, 3.05) is 18.1 Å². The van der Waals surface area contributed by atoms with E-state index in [1.54, 1.807) is 13.8 Å². The summed E-state index contributed by atoms with van der Waals surface area (Å²) < 4.78 is 0. The number of carboxylic acids is 1. The molecule has 0 bridgehead atoms. The number of nitrogens with two attached hydrogens (primary N) is 3. The van der Waals surface area contributed by atoms with E-state index >= 15 is 0 Å². The van der Waals surface area contributed by atoms with Crippen LogP contribution in [0.3, 0.4) is 0 Å². The highest BCUT2D eigenvalue weighted by Crippen LogP contribution is 2.10. The van der Waals surface area contributed by atoms with Gasteiger partial charge < -0.3 is 48.9 Å². The average Bonchev–Trinajstić information content (AvgIpc) is 2.94. The fourth-order valence-electron chi connectivity index (χ4n) is 4.03. The molecule has 16 nitrogen and oxygen atoms in total. The number of rotatable bonds is 22. The van der Waals surface area contributed by atoms with E-state index in [1.165, 1.54) is 0 Å². The predicted octanol–water partition coefficient (Wildman–Crippen LogP) is -2.61. The van der Waals surface area contributed by atoms with Gasteiger partial charge in [-0.25, -0.2) is 4.79 Å². The summed E-state index contributed by atoms with van der Waals surface area (Å²) in [5.41, 5.74) is 16.3. The lowest BCUT2D eigenvalue weighted by molar-refractivity contribution is -0.143.